The average Bonchev–Trinajstić information content (AvgIpc) is 2.90. The van der Waals surface area contributed by atoms with Gasteiger partial charge in [-0.2, -0.15) is 0 Å². The smallest absolute Gasteiger partial charge is 0.0329 e. The molecule has 0 aliphatic heterocycles. The van der Waals surface area contributed by atoms with Crippen molar-refractivity contribution >= 4 is 0 Å². The van der Waals surface area contributed by atoms with Gasteiger partial charge in [0.05, 0.1) is 0 Å². The molecule has 0 amide bonds. The van der Waals surface area contributed by atoms with E-state index in [1.807, 2.05) is 0 Å². The van der Waals surface area contributed by atoms with E-state index in [1.54, 1.807) is 11.1 Å². The molecular weight excluding hydrogens is 218 g/mol. The zero-order valence-corrected chi connectivity index (χ0v) is 11.1. The number of hydrogen-bond acceptors (Lipinski definition) is 1. The minimum atomic E-state index is 0.313. The summed E-state index contributed by atoms with van der Waals surface area (Å²) in [5.41, 5.74) is 11.1. The molecule has 1 heteroatoms. The fraction of sp³-hybridized carbons (Fsp3) is 0.647. The minimum Gasteiger partial charge on any atom is -0.324 e. The number of hydrogen-bond donors (Lipinski definition) is 1. The molecule has 1 nitrogen and oxygen atoms in total. The van der Waals surface area contributed by atoms with Gasteiger partial charge in [0, 0.05) is 6.04 Å². The van der Waals surface area contributed by atoms with E-state index in [0.29, 0.717) is 6.04 Å². The first-order valence-electron chi connectivity index (χ1n) is 7.72. The van der Waals surface area contributed by atoms with Crippen LogP contribution in [0.15, 0.2) is 18.2 Å². The van der Waals surface area contributed by atoms with Crippen LogP contribution in [0.4, 0.5) is 0 Å². The molecule has 0 radical (unpaired) electrons. The van der Waals surface area contributed by atoms with Crippen LogP contribution in [0.1, 0.15) is 54.8 Å². The molecule has 96 valence electrons. The average molecular weight is 241 g/mol. The first kappa shape index (κ1) is 11.0. The number of nitrogens with two attached hydrogens (primary N) is 1. The number of aryl methyl sites for hydroxylation is 2. The highest BCUT2D eigenvalue weighted by atomic mass is 14.7. The molecule has 1 aromatic rings. The maximum absolute atomic E-state index is 6.52. The summed E-state index contributed by atoms with van der Waals surface area (Å²) in [5, 5.41) is 0. The Morgan fingerprint density at radius 3 is 2.44 bits per heavy atom. The van der Waals surface area contributed by atoms with Gasteiger partial charge in [0.25, 0.3) is 0 Å². The van der Waals surface area contributed by atoms with Crippen LogP contribution in [-0.4, -0.2) is 0 Å². The van der Waals surface area contributed by atoms with Gasteiger partial charge in [0.2, 0.25) is 0 Å². The second kappa shape index (κ2) is 4.09. The molecule has 3 aliphatic rings. The molecule has 0 spiro atoms. The Morgan fingerprint density at radius 1 is 0.944 bits per heavy atom. The van der Waals surface area contributed by atoms with Crippen LogP contribution in [0.2, 0.25) is 0 Å². The Bertz CT molecular complexity index is 455. The SMILES string of the molecule is NC(c1ccc2c(c1)CCCC2)C1C2CCCC21. The van der Waals surface area contributed by atoms with Gasteiger partial charge in [0.15, 0.2) is 0 Å². The highest BCUT2D eigenvalue weighted by Crippen LogP contribution is 2.61. The summed E-state index contributed by atoms with van der Waals surface area (Å²) >= 11 is 0. The van der Waals surface area contributed by atoms with E-state index in [2.05, 4.69) is 18.2 Å². The Morgan fingerprint density at radius 2 is 1.67 bits per heavy atom. The van der Waals surface area contributed by atoms with E-state index in [4.69, 9.17) is 5.73 Å². The Hall–Kier alpha value is -0.820. The molecule has 3 aliphatic carbocycles. The summed E-state index contributed by atoms with van der Waals surface area (Å²) in [5.74, 6) is 2.74. The van der Waals surface area contributed by atoms with Crippen LogP contribution in [0, 0.1) is 17.8 Å². The lowest BCUT2D eigenvalue weighted by atomic mass is 9.88. The number of benzene rings is 1. The highest BCUT2D eigenvalue weighted by molar-refractivity contribution is 5.36. The lowest BCUT2D eigenvalue weighted by Crippen LogP contribution is -2.16. The fourth-order valence-corrected chi connectivity index (χ4v) is 4.59. The predicted octanol–water partition coefficient (Wildman–Crippen LogP) is 3.61. The molecule has 2 fully saturated rings. The van der Waals surface area contributed by atoms with E-state index in [0.717, 1.165) is 17.8 Å². The van der Waals surface area contributed by atoms with Gasteiger partial charge in [-0.25, -0.2) is 0 Å². The van der Waals surface area contributed by atoms with Crippen molar-refractivity contribution in [1.82, 2.24) is 0 Å². The third kappa shape index (κ3) is 1.64. The van der Waals surface area contributed by atoms with Crippen molar-refractivity contribution in [3.05, 3.63) is 34.9 Å². The molecular formula is C17H23N. The molecule has 3 atom stereocenters. The summed E-state index contributed by atoms with van der Waals surface area (Å²) in [4.78, 5) is 0. The Balaban J connectivity index is 1.57. The molecule has 4 rings (SSSR count). The van der Waals surface area contributed by atoms with Crippen LogP contribution in [0.3, 0.4) is 0 Å². The second-order valence-corrected chi connectivity index (χ2v) is 6.60. The van der Waals surface area contributed by atoms with Crippen molar-refractivity contribution < 1.29 is 0 Å². The van der Waals surface area contributed by atoms with Gasteiger partial charge < -0.3 is 5.73 Å². The molecule has 2 saturated carbocycles. The zero-order chi connectivity index (χ0) is 12.1. The van der Waals surface area contributed by atoms with E-state index in [1.165, 1.54) is 50.5 Å². The highest BCUT2D eigenvalue weighted by Gasteiger charge is 2.55. The summed E-state index contributed by atoms with van der Waals surface area (Å²) in [6.07, 6.45) is 9.60. The van der Waals surface area contributed by atoms with E-state index >= 15 is 0 Å². The van der Waals surface area contributed by atoms with Crippen molar-refractivity contribution in [3.63, 3.8) is 0 Å². The van der Waals surface area contributed by atoms with Gasteiger partial charge in [-0.05, 0) is 73.0 Å². The molecule has 2 N–H and O–H groups in total. The maximum atomic E-state index is 6.52. The van der Waals surface area contributed by atoms with Crippen LogP contribution in [0.5, 0.6) is 0 Å². The van der Waals surface area contributed by atoms with Crippen molar-refractivity contribution in [3.8, 4) is 0 Å². The Labute approximate surface area is 110 Å². The van der Waals surface area contributed by atoms with Gasteiger partial charge in [-0.3, -0.25) is 0 Å². The lowest BCUT2D eigenvalue weighted by molar-refractivity contribution is 0.501. The third-order valence-corrected chi connectivity index (χ3v) is 5.64. The van der Waals surface area contributed by atoms with Crippen molar-refractivity contribution in [1.29, 1.82) is 0 Å². The molecule has 1 aromatic carbocycles. The predicted molar refractivity (Wildman–Crippen MR) is 74.3 cm³/mol. The molecule has 0 saturated heterocycles. The Kier molecular flexibility index (Phi) is 2.51. The zero-order valence-electron chi connectivity index (χ0n) is 11.1. The largest absolute Gasteiger partial charge is 0.324 e. The molecule has 18 heavy (non-hydrogen) atoms. The molecule has 0 aromatic heterocycles. The van der Waals surface area contributed by atoms with Crippen molar-refractivity contribution in [2.45, 2.75) is 51.0 Å². The quantitative estimate of drug-likeness (QED) is 0.841. The van der Waals surface area contributed by atoms with Gasteiger partial charge in [0.1, 0.15) is 0 Å². The number of fused-ring (bicyclic) bond motifs is 2. The standard InChI is InChI=1S/C17H23N/c18-17(16-14-6-3-7-15(14)16)13-9-8-11-4-1-2-5-12(11)10-13/h8-10,14-17H,1-7,18H2. The third-order valence-electron chi connectivity index (χ3n) is 5.64. The van der Waals surface area contributed by atoms with E-state index in [-0.39, 0.29) is 0 Å². The topological polar surface area (TPSA) is 26.0 Å². The molecule has 0 bridgehead atoms. The lowest BCUT2D eigenvalue weighted by Gasteiger charge is -2.20. The summed E-state index contributed by atoms with van der Waals surface area (Å²) in [6, 6.07) is 7.39. The maximum Gasteiger partial charge on any atom is 0.0329 e. The summed E-state index contributed by atoms with van der Waals surface area (Å²) < 4.78 is 0. The van der Waals surface area contributed by atoms with Crippen molar-refractivity contribution in [2.24, 2.45) is 23.5 Å². The van der Waals surface area contributed by atoms with Crippen molar-refractivity contribution in [2.75, 3.05) is 0 Å². The summed E-state index contributed by atoms with van der Waals surface area (Å²) in [6.45, 7) is 0. The van der Waals surface area contributed by atoms with Gasteiger partial charge in [-0.1, -0.05) is 24.6 Å². The fourth-order valence-electron chi connectivity index (χ4n) is 4.59. The van der Waals surface area contributed by atoms with Crippen LogP contribution in [0.25, 0.3) is 0 Å². The van der Waals surface area contributed by atoms with E-state index < -0.39 is 0 Å². The monoisotopic (exact) mass is 241 g/mol. The normalized spacial score (nSPS) is 34.8. The van der Waals surface area contributed by atoms with Crippen LogP contribution >= 0.6 is 0 Å². The first-order valence-corrected chi connectivity index (χ1v) is 7.72. The van der Waals surface area contributed by atoms with E-state index in [9.17, 15) is 0 Å². The first-order chi connectivity index (χ1) is 8.84. The molecule has 0 heterocycles. The number of rotatable bonds is 2. The summed E-state index contributed by atoms with van der Waals surface area (Å²) in [7, 11) is 0. The van der Waals surface area contributed by atoms with Gasteiger partial charge in [-0.15, -0.1) is 0 Å². The molecule has 3 unspecified atom stereocenters. The minimum absolute atomic E-state index is 0.313. The van der Waals surface area contributed by atoms with Crippen LogP contribution < -0.4 is 5.73 Å². The second-order valence-electron chi connectivity index (χ2n) is 6.60. The van der Waals surface area contributed by atoms with Gasteiger partial charge >= 0.3 is 0 Å². The van der Waals surface area contributed by atoms with Crippen LogP contribution in [-0.2, 0) is 12.8 Å².